The zero-order valence-corrected chi connectivity index (χ0v) is 13.0. The molecule has 0 aromatic heterocycles. The molecule has 1 amide bonds. The van der Waals surface area contributed by atoms with Gasteiger partial charge < -0.3 is 5.32 Å². The van der Waals surface area contributed by atoms with Gasteiger partial charge in [-0.3, -0.25) is 9.69 Å². The summed E-state index contributed by atoms with van der Waals surface area (Å²) in [5.74, 6) is -0.781. The lowest BCUT2D eigenvalue weighted by Gasteiger charge is -2.32. The third kappa shape index (κ3) is 4.17. The molecule has 1 N–H and O–H groups in total. The van der Waals surface area contributed by atoms with Crippen molar-refractivity contribution in [2.24, 2.45) is 0 Å². The first kappa shape index (κ1) is 15.7. The number of halogens is 1. The van der Waals surface area contributed by atoms with Gasteiger partial charge in [0, 0.05) is 25.7 Å². The van der Waals surface area contributed by atoms with Crippen LogP contribution in [0, 0.1) is 5.82 Å². The maximum Gasteiger partial charge on any atom is 0.254 e. The number of nitrogens with one attached hydrogen (secondary N) is 1. The van der Waals surface area contributed by atoms with Gasteiger partial charge in [0.1, 0.15) is 5.82 Å². The van der Waals surface area contributed by atoms with Crippen molar-refractivity contribution in [2.75, 3.05) is 13.1 Å². The van der Waals surface area contributed by atoms with Crippen molar-refractivity contribution in [3.05, 3.63) is 71.5 Å². The standard InChI is InChI=1S/C19H21FN2O/c20-18-9-5-4-8-17(18)19(23)21-16-10-12-22(13-11-16)14-15-6-2-1-3-7-15/h1-9,16H,10-14H2,(H,21,23)/i20-1. The van der Waals surface area contributed by atoms with Gasteiger partial charge in [0.05, 0.1) is 5.56 Å². The molecule has 0 bridgehead atoms. The van der Waals surface area contributed by atoms with Crippen molar-refractivity contribution >= 4 is 5.91 Å². The van der Waals surface area contributed by atoms with E-state index in [1.54, 1.807) is 12.1 Å². The van der Waals surface area contributed by atoms with Gasteiger partial charge in [-0.05, 0) is 30.5 Å². The van der Waals surface area contributed by atoms with Gasteiger partial charge in [-0.2, -0.15) is 0 Å². The number of benzene rings is 2. The number of nitrogens with zero attached hydrogens (tertiary/aromatic N) is 1. The van der Waals surface area contributed by atoms with Crippen molar-refractivity contribution in [1.82, 2.24) is 10.2 Å². The van der Waals surface area contributed by atoms with Gasteiger partial charge >= 0.3 is 0 Å². The van der Waals surface area contributed by atoms with E-state index in [0.29, 0.717) is 0 Å². The molecule has 1 aliphatic heterocycles. The van der Waals surface area contributed by atoms with E-state index in [9.17, 15) is 9.18 Å². The fourth-order valence-electron chi connectivity index (χ4n) is 2.99. The first-order valence-electron chi connectivity index (χ1n) is 8.04. The van der Waals surface area contributed by atoms with E-state index in [1.165, 1.54) is 17.7 Å². The molecule has 1 fully saturated rings. The van der Waals surface area contributed by atoms with Crippen LogP contribution in [-0.2, 0) is 6.54 Å². The van der Waals surface area contributed by atoms with Gasteiger partial charge in [-0.15, -0.1) is 0 Å². The minimum atomic E-state index is -0.466. The number of hydrogen-bond donors (Lipinski definition) is 1. The summed E-state index contributed by atoms with van der Waals surface area (Å²) in [7, 11) is 0. The zero-order chi connectivity index (χ0) is 16.1. The van der Waals surface area contributed by atoms with Crippen molar-refractivity contribution in [3.63, 3.8) is 0 Å². The van der Waals surface area contributed by atoms with Crippen LogP contribution < -0.4 is 5.32 Å². The number of carbonyl (C=O) groups is 1. The number of amides is 1. The molecule has 0 atom stereocenters. The molecule has 2 aromatic rings. The van der Waals surface area contributed by atoms with Crippen LogP contribution in [0.5, 0.6) is 0 Å². The first-order chi connectivity index (χ1) is 11.2. The Labute approximate surface area is 136 Å². The Kier molecular flexibility index (Phi) is 5.03. The molecule has 120 valence electrons. The monoisotopic (exact) mass is 311 g/mol. The molecule has 0 unspecified atom stereocenters. The third-order valence-corrected chi connectivity index (χ3v) is 4.29. The highest BCUT2D eigenvalue weighted by Crippen LogP contribution is 2.15. The molecule has 3 rings (SSSR count). The first-order valence-corrected chi connectivity index (χ1v) is 8.04. The van der Waals surface area contributed by atoms with Crippen LogP contribution in [0.3, 0.4) is 0 Å². The summed E-state index contributed by atoms with van der Waals surface area (Å²) in [6.07, 6.45) is 1.79. The second kappa shape index (κ2) is 7.38. The second-order valence-corrected chi connectivity index (χ2v) is 5.99. The lowest BCUT2D eigenvalue weighted by Crippen LogP contribution is -2.44. The number of hydrogen-bond acceptors (Lipinski definition) is 2. The van der Waals surface area contributed by atoms with Gasteiger partial charge in [-0.1, -0.05) is 42.5 Å². The minimum absolute atomic E-state index is 0.120. The summed E-state index contributed by atoms with van der Waals surface area (Å²) >= 11 is 0. The number of piperidine rings is 1. The van der Waals surface area contributed by atoms with Crippen LogP contribution in [0.15, 0.2) is 54.6 Å². The Morgan fingerprint density at radius 2 is 1.70 bits per heavy atom. The van der Waals surface area contributed by atoms with Gasteiger partial charge in [-0.25, -0.2) is 4.39 Å². The minimum Gasteiger partial charge on any atom is -0.349 e. The molecule has 0 spiro atoms. The normalized spacial score (nSPS) is 16.2. The zero-order valence-electron chi connectivity index (χ0n) is 13.0. The average molecular weight is 311 g/mol. The summed E-state index contributed by atoms with van der Waals surface area (Å²) in [4.78, 5) is 14.5. The van der Waals surface area contributed by atoms with Gasteiger partial charge in [0.15, 0.2) is 0 Å². The Bertz CT molecular complexity index is 651. The highest BCUT2D eigenvalue weighted by molar-refractivity contribution is 5.94. The molecular formula is C19H21FN2O. The molecule has 2 aromatic carbocycles. The summed E-state index contributed by atoms with van der Waals surface area (Å²) in [6.45, 7) is 2.82. The smallest absolute Gasteiger partial charge is 0.254 e. The number of carbonyl (C=O) groups excluding carboxylic acids is 1. The van der Waals surface area contributed by atoms with Gasteiger partial charge in [0.2, 0.25) is 0 Å². The van der Waals surface area contributed by atoms with E-state index < -0.39 is 5.82 Å². The molecule has 0 saturated carbocycles. The Morgan fingerprint density at radius 3 is 2.39 bits per heavy atom. The summed E-state index contributed by atoms with van der Waals surface area (Å²) in [5, 5.41) is 2.95. The Hall–Kier alpha value is -2.20. The fourth-order valence-corrected chi connectivity index (χ4v) is 2.99. The fraction of sp³-hybridized carbons (Fsp3) is 0.316. The van der Waals surface area contributed by atoms with Crippen LogP contribution in [0.2, 0.25) is 0 Å². The molecule has 4 heteroatoms. The topological polar surface area (TPSA) is 32.3 Å². The molecule has 0 radical (unpaired) electrons. The van der Waals surface area contributed by atoms with Crippen LogP contribution in [-0.4, -0.2) is 29.9 Å². The predicted molar refractivity (Wildman–Crippen MR) is 88.6 cm³/mol. The Balaban J connectivity index is 1.49. The van der Waals surface area contributed by atoms with E-state index in [4.69, 9.17) is 0 Å². The van der Waals surface area contributed by atoms with E-state index in [0.717, 1.165) is 32.5 Å². The summed E-state index contributed by atoms with van der Waals surface area (Å²) < 4.78 is 13.6. The summed E-state index contributed by atoms with van der Waals surface area (Å²) in [6, 6.07) is 16.6. The van der Waals surface area contributed by atoms with Crippen LogP contribution >= 0.6 is 0 Å². The van der Waals surface area contributed by atoms with Crippen LogP contribution in [0.1, 0.15) is 28.8 Å². The molecule has 23 heavy (non-hydrogen) atoms. The maximum atomic E-state index is 13.6. The van der Waals surface area contributed by atoms with Gasteiger partial charge in [0.25, 0.3) is 5.91 Å². The van der Waals surface area contributed by atoms with E-state index in [-0.39, 0.29) is 17.5 Å². The van der Waals surface area contributed by atoms with Crippen molar-refractivity contribution in [1.29, 1.82) is 0 Å². The molecule has 3 nitrogen and oxygen atoms in total. The van der Waals surface area contributed by atoms with Crippen molar-refractivity contribution in [2.45, 2.75) is 25.4 Å². The molecule has 1 saturated heterocycles. The van der Waals surface area contributed by atoms with E-state index >= 15 is 0 Å². The predicted octanol–water partition coefficient (Wildman–Crippen LogP) is 3.22. The lowest BCUT2D eigenvalue weighted by atomic mass is 10.0. The average Bonchev–Trinajstić information content (AvgIpc) is 2.58. The molecule has 0 aliphatic carbocycles. The SMILES string of the molecule is O=C(NC1CCN(Cc2ccccc2)CC1)c1ccccc1[18F]. The quantitative estimate of drug-likeness (QED) is 0.940. The van der Waals surface area contributed by atoms with Crippen molar-refractivity contribution in [3.8, 4) is 0 Å². The van der Waals surface area contributed by atoms with Crippen LogP contribution in [0.25, 0.3) is 0 Å². The largest absolute Gasteiger partial charge is 0.349 e. The molecule has 1 aliphatic rings. The van der Waals surface area contributed by atoms with Crippen LogP contribution in [0.4, 0.5) is 4.39 Å². The lowest BCUT2D eigenvalue weighted by molar-refractivity contribution is 0.0905. The van der Waals surface area contributed by atoms with E-state index in [2.05, 4.69) is 34.5 Å². The highest BCUT2D eigenvalue weighted by Gasteiger charge is 2.22. The third-order valence-electron chi connectivity index (χ3n) is 4.29. The van der Waals surface area contributed by atoms with Crippen molar-refractivity contribution < 1.29 is 9.18 Å². The highest BCUT2D eigenvalue weighted by atomic mass is 18.2. The number of rotatable bonds is 4. The van der Waals surface area contributed by atoms with E-state index in [1.807, 2.05) is 6.07 Å². The Morgan fingerprint density at radius 1 is 1.04 bits per heavy atom. The maximum absolute atomic E-state index is 13.6. The molecule has 1 heterocycles. The number of likely N-dealkylation sites (tertiary alicyclic amines) is 1. The molecular weight excluding hydrogens is 290 g/mol. The summed E-state index contributed by atoms with van der Waals surface area (Å²) in [5.41, 5.74) is 1.43. The second-order valence-electron chi connectivity index (χ2n) is 5.99.